The molecule has 1 N–H and O–H groups in total. The molecule has 0 spiro atoms. The Labute approximate surface area is 173 Å². The van der Waals surface area contributed by atoms with Crippen molar-refractivity contribution in [1.29, 1.82) is 0 Å². The van der Waals surface area contributed by atoms with Gasteiger partial charge in [-0.25, -0.2) is 4.39 Å². The zero-order valence-corrected chi connectivity index (χ0v) is 15.5. The Morgan fingerprint density at radius 3 is 2.53 bits per heavy atom. The maximum atomic E-state index is 13.5. The molecule has 4 rings (SSSR count). The van der Waals surface area contributed by atoms with Crippen molar-refractivity contribution in [3.05, 3.63) is 101 Å². The first kappa shape index (κ1) is 21.0. The van der Waals surface area contributed by atoms with E-state index in [9.17, 15) is 19.1 Å². The first-order chi connectivity index (χ1) is 14.0. The van der Waals surface area contributed by atoms with E-state index in [0.29, 0.717) is 11.3 Å². The number of hydrogen-bond acceptors (Lipinski definition) is 5. The molecular formula is C23H21FN2O4. The number of benzene rings is 1. The summed E-state index contributed by atoms with van der Waals surface area (Å²) in [4.78, 5) is 31.3. The summed E-state index contributed by atoms with van der Waals surface area (Å²) in [6, 6.07) is 11.2. The number of Topliss-reactive ketones (excluding diaryl/α,β-unsaturated/α-hetero) is 1. The Bertz CT molecular complexity index is 1100. The average molecular weight is 408 g/mol. The van der Waals surface area contributed by atoms with E-state index in [-0.39, 0.29) is 25.3 Å². The van der Waals surface area contributed by atoms with Crippen LogP contribution in [0.4, 0.5) is 4.39 Å². The van der Waals surface area contributed by atoms with Crippen LogP contribution in [0.1, 0.15) is 40.9 Å². The van der Waals surface area contributed by atoms with Crippen molar-refractivity contribution in [2.45, 2.75) is 26.9 Å². The lowest BCUT2D eigenvalue weighted by Crippen LogP contribution is -2.30. The highest BCUT2D eigenvalue weighted by atomic mass is 19.1. The van der Waals surface area contributed by atoms with E-state index in [4.69, 9.17) is 4.42 Å². The van der Waals surface area contributed by atoms with Crippen LogP contribution >= 0.6 is 0 Å². The predicted molar refractivity (Wildman–Crippen MR) is 108 cm³/mol. The van der Waals surface area contributed by atoms with Gasteiger partial charge >= 0.3 is 0 Å². The fraction of sp³-hybridized carbons (Fsp3) is 0.174. The first-order valence-electron chi connectivity index (χ1n) is 8.95. The molecule has 1 atom stereocenters. The summed E-state index contributed by atoms with van der Waals surface area (Å²) >= 11 is 0. The SMILES string of the molecule is C.Cc1ccc(C(=O)C2=C(O)C(=O)N(Cc3cccnc3)C2c2ccc(F)cc2)o1. The number of carbonyl (C=O) groups is 2. The van der Waals surface area contributed by atoms with Crippen molar-refractivity contribution in [2.24, 2.45) is 0 Å². The summed E-state index contributed by atoms with van der Waals surface area (Å²) < 4.78 is 18.9. The van der Waals surface area contributed by atoms with Gasteiger partial charge in [0, 0.05) is 18.9 Å². The van der Waals surface area contributed by atoms with Gasteiger partial charge in [0.05, 0.1) is 11.6 Å². The highest BCUT2D eigenvalue weighted by Gasteiger charge is 2.44. The highest BCUT2D eigenvalue weighted by molar-refractivity contribution is 6.15. The van der Waals surface area contributed by atoms with E-state index in [2.05, 4.69) is 4.98 Å². The normalized spacial score (nSPS) is 16.0. The first-order valence-corrected chi connectivity index (χ1v) is 8.95. The van der Waals surface area contributed by atoms with Gasteiger partial charge in [-0.2, -0.15) is 0 Å². The number of amides is 1. The molecule has 3 heterocycles. The summed E-state index contributed by atoms with van der Waals surface area (Å²) in [6.45, 7) is 1.81. The number of aromatic nitrogens is 1. The third-order valence-electron chi connectivity index (χ3n) is 4.77. The monoisotopic (exact) mass is 408 g/mol. The van der Waals surface area contributed by atoms with Gasteiger partial charge in [-0.3, -0.25) is 14.6 Å². The number of furan rings is 1. The molecule has 6 nitrogen and oxygen atoms in total. The molecular weight excluding hydrogens is 387 g/mol. The van der Waals surface area contributed by atoms with Gasteiger partial charge in [0.15, 0.2) is 11.5 Å². The maximum absolute atomic E-state index is 13.5. The van der Waals surface area contributed by atoms with Gasteiger partial charge in [-0.05, 0) is 48.4 Å². The fourth-order valence-electron chi connectivity index (χ4n) is 3.42. The van der Waals surface area contributed by atoms with Gasteiger partial charge in [0.1, 0.15) is 11.6 Å². The van der Waals surface area contributed by atoms with Crippen LogP contribution in [-0.2, 0) is 11.3 Å². The fourth-order valence-corrected chi connectivity index (χ4v) is 3.42. The lowest BCUT2D eigenvalue weighted by atomic mass is 9.95. The molecule has 0 bridgehead atoms. The molecule has 0 aliphatic carbocycles. The van der Waals surface area contributed by atoms with E-state index in [0.717, 1.165) is 5.56 Å². The standard InChI is InChI=1S/C22H17FN2O4.CH4/c1-13-4-9-17(29-13)20(26)18-19(15-5-7-16(23)8-6-15)25(22(28)21(18)27)12-14-3-2-10-24-11-14;/h2-11,19,27H,12H2,1H3;1H4. The number of aliphatic hydroxyl groups is 1. The van der Waals surface area contributed by atoms with Crippen molar-refractivity contribution in [1.82, 2.24) is 9.88 Å². The molecule has 0 radical (unpaired) electrons. The molecule has 0 saturated carbocycles. The van der Waals surface area contributed by atoms with Crippen molar-refractivity contribution in [3.63, 3.8) is 0 Å². The lowest BCUT2D eigenvalue weighted by Gasteiger charge is -2.26. The van der Waals surface area contributed by atoms with Crippen molar-refractivity contribution in [2.75, 3.05) is 0 Å². The van der Waals surface area contributed by atoms with Crippen LogP contribution < -0.4 is 0 Å². The van der Waals surface area contributed by atoms with E-state index < -0.39 is 29.3 Å². The number of carbonyl (C=O) groups excluding carboxylic acids is 2. The van der Waals surface area contributed by atoms with Crippen LogP contribution in [0.25, 0.3) is 0 Å². The van der Waals surface area contributed by atoms with E-state index in [1.807, 2.05) is 0 Å². The van der Waals surface area contributed by atoms with Gasteiger partial charge in [-0.1, -0.05) is 25.6 Å². The summed E-state index contributed by atoms with van der Waals surface area (Å²) in [7, 11) is 0. The molecule has 0 saturated heterocycles. The van der Waals surface area contributed by atoms with E-state index in [1.54, 1.807) is 37.5 Å². The smallest absolute Gasteiger partial charge is 0.290 e. The highest BCUT2D eigenvalue weighted by Crippen LogP contribution is 2.40. The Kier molecular flexibility index (Phi) is 5.82. The van der Waals surface area contributed by atoms with Crippen LogP contribution in [-0.4, -0.2) is 26.7 Å². The third-order valence-corrected chi connectivity index (χ3v) is 4.77. The minimum atomic E-state index is -0.888. The second-order valence-corrected chi connectivity index (χ2v) is 6.75. The zero-order chi connectivity index (χ0) is 20.5. The third kappa shape index (κ3) is 3.74. The molecule has 30 heavy (non-hydrogen) atoms. The number of aryl methyl sites for hydroxylation is 1. The second-order valence-electron chi connectivity index (χ2n) is 6.75. The van der Waals surface area contributed by atoms with E-state index in [1.165, 1.54) is 35.2 Å². The van der Waals surface area contributed by atoms with Crippen molar-refractivity contribution < 1.29 is 23.5 Å². The molecule has 1 amide bonds. The lowest BCUT2D eigenvalue weighted by molar-refractivity contribution is -0.130. The Morgan fingerprint density at radius 1 is 1.20 bits per heavy atom. The number of ketones is 1. The summed E-state index contributed by atoms with van der Waals surface area (Å²) in [6.07, 6.45) is 3.21. The van der Waals surface area contributed by atoms with Gasteiger partial charge in [-0.15, -0.1) is 0 Å². The summed E-state index contributed by atoms with van der Waals surface area (Å²) in [5.74, 6) is -1.81. The molecule has 154 valence electrons. The quantitative estimate of drug-likeness (QED) is 0.627. The number of halogens is 1. The average Bonchev–Trinajstić information content (AvgIpc) is 3.26. The van der Waals surface area contributed by atoms with Gasteiger partial charge in [0.25, 0.3) is 5.91 Å². The van der Waals surface area contributed by atoms with Crippen LogP contribution in [0.15, 0.2) is 76.7 Å². The van der Waals surface area contributed by atoms with Gasteiger partial charge in [0.2, 0.25) is 5.78 Å². The number of pyridine rings is 1. The molecule has 7 heteroatoms. The second kappa shape index (κ2) is 8.32. The van der Waals surface area contributed by atoms with E-state index >= 15 is 0 Å². The molecule has 1 aliphatic rings. The number of rotatable bonds is 5. The Hall–Kier alpha value is -3.74. The van der Waals surface area contributed by atoms with Crippen molar-refractivity contribution in [3.8, 4) is 0 Å². The van der Waals surface area contributed by atoms with Crippen LogP contribution in [0.3, 0.4) is 0 Å². The molecule has 2 aromatic heterocycles. The molecule has 3 aromatic rings. The predicted octanol–water partition coefficient (Wildman–Crippen LogP) is 4.54. The Balaban J connectivity index is 0.00000256. The topological polar surface area (TPSA) is 83.6 Å². The summed E-state index contributed by atoms with van der Waals surface area (Å²) in [5.41, 5.74) is 1.13. The Morgan fingerprint density at radius 2 is 1.93 bits per heavy atom. The maximum Gasteiger partial charge on any atom is 0.290 e. The largest absolute Gasteiger partial charge is 0.503 e. The minimum Gasteiger partial charge on any atom is -0.503 e. The summed E-state index contributed by atoms with van der Waals surface area (Å²) in [5, 5.41) is 10.6. The van der Waals surface area contributed by atoms with Crippen LogP contribution in [0.2, 0.25) is 0 Å². The number of nitrogens with zero attached hydrogens (tertiary/aromatic N) is 2. The van der Waals surface area contributed by atoms with Crippen molar-refractivity contribution >= 4 is 11.7 Å². The number of aliphatic hydroxyl groups excluding tert-OH is 1. The minimum absolute atomic E-state index is 0. The molecule has 1 aliphatic heterocycles. The molecule has 1 unspecified atom stereocenters. The van der Waals surface area contributed by atoms with Gasteiger partial charge < -0.3 is 14.4 Å². The van der Waals surface area contributed by atoms with Crippen LogP contribution in [0.5, 0.6) is 0 Å². The zero-order valence-electron chi connectivity index (χ0n) is 15.5. The molecule has 0 fully saturated rings. The van der Waals surface area contributed by atoms with Crippen LogP contribution in [0, 0.1) is 12.7 Å². The number of hydrogen-bond donors (Lipinski definition) is 1. The molecule has 1 aromatic carbocycles.